The van der Waals surface area contributed by atoms with E-state index in [-0.39, 0.29) is 23.9 Å². The van der Waals surface area contributed by atoms with Crippen molar-refractivity contribution >= 4 is 52.3 Å². The zero-order valence-electron chi connectivity index (χ0n) is 19.6. The van der Waals surface area contributed by atoms with E-state index in [0.717, 1.165) is 17.7 Å². The topological polar surface area (TPSA) is 91.9 Å². The molecule has 8 nitrogen and oxygen atoms in total. The number of thiocarbonyl (C=S) groups is 1. The van der Waals surface area contributed by atoms with Crippen molar-refractivity contribution in [2.45, 2.75) is 6.18 Å². The molecule has 0 unspecified atom stereocenters. The summed E-state index contributed by atoms with van der Waals surface area (Å²) in [4.78, 5) is 26.3. The Hall–Kier alpha value is -3.90. The number of alkyl halides is 3. The van der Waals surface area contributed by atoms with Gasteiger partial charge in [-0.3, -0.25) is 20.2 Å². The molecular weight excluding hydrogens is 545 g/mol. The quantitative estimate of drug-likeness (QED) is 0.182. The maximum absolute atomic E-state index is 13.0. The minimum absolute atomic E-state index is 0.0944. The normalized spacial score (nSPS) is 14.1. The fraction of sp³-hybridized carbons (Fsp3) is 0.200. The number of furan rings is 1. The number of benzene rings is 2. The van der Waals surface area contributed by atoms with Crippen LogP contribution in [0, 0.1) is 10.1 Å². The molecule has 3 aromatic rings. The number of nitro groups is 1. The number of amides is 1. The van der Waals surface area contributed by atoms with Crippen molar-refractivity contribution in [1.82, 2.24) is 10.2 Å². The van der Waals surface area contributed by atoms with Crippen LogP contribution in [0.5, 0.6) is 0 Å². The summed E-state index contributed by atoms with van der Waals surface area (Å²) in [6.45, 7) is 1.14. The van der Waals surface area contributed by atoms with Crippen LogP contribution >= 0.6 is 23.8 Å². The Kier molecular flexibility index (Phi) is 8.02. The van der Waals surface area contributed by atoms with E-state index in [1.807, 2.05) is 12.1 Å². The molecule has 0 radical (unpaired) electrons. The molecule has 2 aromatic carbocycles. The third-order valence-corrected chi connectivity index (χ3v) is 6.40. The third-order valence-electron chi connectivity index (χ3n) is 5.79. The summed E-state index contributed by atoms with van der Waals surface area (Å²) in [5, 5.41) is 14.8. The van der Waals surface area contributed by atoms with Crippen molar-refractivity contribution in [2.24, 2.45) is 0 Å². The standard InChI is InChI=1S/C25H20ClF3N4O4S/c26-18-4-1-16(2-5-18)22-9-6-19(37-22)7-10-23(34)30-24(38)32-13-11-31(12-14-32)20-8-3-17(25(27,28)29)15-21(20)33(35)36/h1-10,15H,11-14H2,(H,30,34,38)/b10-7+. The summed E-state index contributed by atoms with van der Waals surface area (Å²) in [5.74, 6) is 0.603. The third kappa shape index (κ3) is 6.50. The number of nitro benzene ring substituents is 1. The molecule has 1 amide bonds. The van der Waals surface area contributed by atoms with Gasteiger partial charge in [-0.2, -0.15) is 13.2 Å². The second-order valence-electron chi connectivity index (χ2n) is 8.27. The number of nitrogens with zero attached hydrogens (tertiary/aromatic N) is 3. The highest BCUT2D eigenvalue weighted by Crippen LogP contribution is 2.36. The summed E-state index contributed by atoms with van der Waals surface area (Å²) >= 11 is 11.2. The number of anilines is 1. The van der Waals surface area contributed by atoms with Crippen molar-refractivity contribution in [3.8, 4) is 11.3 Å². The molecule has 198 valence electrons. The Bertz CT molecular complexity index is 1380. The Labute approximate surface area is 225 Å². The van der Waals surface area contributed by atoms with Gasteiger partial charge in [0.25, 0.3) is 5.69 Å². The van der Waals surface area contributed by atoms with Crippen molar-refractivity contribution in [3.63, 3.8) is 0 Å². The van der Waals surface area contributed by atoms with Crippen molar-refractivity contribution in [1.29, 1.82) is 0 Å². The summed E-state index contributed by atoms with van der Waals surface area (Å²) in [5.41, 5.74) is -0.775. The molecule has 38 heavy (non-hydrogen) atoms. The van der Waals surface area contributed by atoms with Gasteiger partial charge in [0, 0.05) is 48.9 Å². The fourth-order valence-electron chi connectivity index (χ4n) is 3.86. The number of carbonyl (C=O) groups excluding carboxylic acids is 1. The minimum atomic E-state index is -4.68. The van der Waals surface area contributed by atoms with Crippen LogP contribution in [0.25, 0.3) is 17.4 Å². The highest BCUT2D eigenvalue weighted by molar-refractivity contribution is 7.80. The predicted molar refractivity (Wildman–Crippen MR) is 141 cm³/mol. The van der Waals surface area contributed by atoms with E-state index in [2.05, 4.69) is 5.32 Å². The summed E-state index contributed by atoms with van der Waals surface area (Å²) in [6.07, 6.45) is -1.91. The van der Waals surface area contributed by atoms with Gasteiger partial charge in [-0.25, -0.2) is 0 Å². The lowest BCUT2D eigenvalue weighted by Crippen LogP contribution is -2.52. The zero-order chi connectivity index (χ0) is 27.4. The first-order valence-electron chi connectivity index (χ1n) is 11.3. The number of carbonyl (C=O) groups is 1. The summed E-state index contributed by atoms with van der Waals surface area (Å²) < 4.78 is 44.7. The molecule has 0 saturated carbocycles. The minimum Gasteiger partial charge on any atom is -0.457 e. The SMILES string of the molecule is O=C(/C=C/c1ccc(-c2ccc(Cl)cc2)o1)NC(=S)N1CCN(c2ccc(C(F)(F)F)cc2[N+](=O)[O-])CC1. The number of hydrogen-bond donors (Lipinski definition) is 1. The van der Waals surface area contributed by atoms with Crippen LogP contribution in [0.2, 0.25) is 5.02 Å². The lowest BCUT2D eigenvalue weighted by atomic mass is 10.1. The van der Waals surface area contributed by atoms with Gasteiger partial charge in [-0.15, -0.1) is 0 Å². The maximum atomic E-state index is 13.0. The Balaban J connectivity index is 1.32. The van der Waals surface area contributed by atoms with E-state index >= 15 is 0 Å². The Morgan fingerprint density at radius 2 is 1.76 bits per heavy atom. The molecule has 13 heteroatoms. The molecule has 4 rings (SSSR count). The highest BCUT2D eigenvalue weighted by atomic mass is 35.5. The molecule has 1 saturated heterocycles. The zero-order valence-corrected chi connectivity index (χ0v) is 21.1. The van der Waals surface area contributed by atoms with Gasteiger partial charge in [0.1, 0.15) is 17.2 Å². The average Bonchev–Trinajstić information content (AvgIpc) is 3.36. The van der Waals surface area contributed by atoms with Crippen molar-refractivity contribution < 1.29 is 27.3 Å². The van der Waals surface area contributed by atoms with Crippen LogP contribution in [-0.2, 0) is 11.0 Å². The molecule has 1 aromatic heterocycles. The van der Waals surface area contributed by atoms with E-state index in [1.165, 1.54) is 12.2 Å². The smallest absolute Gasteiger partial charge is 0.416 e. The first kappa shape index (κ1) is 27.1. The molecule has 2 heterocycles. The lowest BCUT2D eigenvalue weighted by molar-refractivity contribution is -0.384. The van der Waals surface area contributed by atoms with E-state index in [4.69, 9.17) is 28.2 Å². The molecular formula is C25H20ClF3N4O4S. The first-order valence-corrected chi connectivity index (χ1v) is 12.0. The van der Waals surface area contributed by atoms with E-state index < -0.39 is 28.3 Å². The van der Waals surface area contributed by atoms with Gasteiger partial charge in [0.05, 0.1) is 10.5 Å². The molecule has 1 aliphatic rings. The summed E-state index contributed by atoms with van der Waals surface area (Å²) in [6, 6.07) is 13.1. The van der Waals surface area contributed by atoms with Crippen LogP contribution < -0.4 is 10.2 Å². The van der Waals surface area contributed by atoms with Crippen LogP contribution in [0.3, 0.4) is 0 Å². The fourth-order valence-corrected chi connectivity index (χ4v) is 4.27. The number of nitrogens with one attached hydrogen (secondary N) is 1. The summed E-state index contributed by atoms with van der Waals surface area (Å²) in [7, 11) is 0. The van der Waals surface area contributed by atoms with Gasteiger partial charge in [0.15, 0.2) is 5.11 Å². The van der Waals surface area contributed by atoms with E-state index in [0.29, 0.717) is 35.7 Å². The van der Waals surface area contributed by atoms with Crippen LogP contribution in [0.4, 0.5) is 24.5 Å². The van der Waals surface area contributed by atoms with Crippen LogP contribution in [0.15, 0.2) is 65.1 Å². The molecule has 1 N–H and O–H groups in total. The van der Waals surface area contributed by atoms with Crippen LogP contribution in [0.1, 0.15) is 11.3 Å². The van der Waals surface area contributed by atoms with E-state index in [1.54, 1.807) is 34.1 Å². The van der Waals surface area contributed by atoms with E-state index in [9.17, 15) is 28.1 Å². The largest absolute Gasteiger partial charge is 0.457 e. The molecule has 0 spiro atoms. The van der Waals surface area contributed by atoms with Gasteiger partial charge in [-0.1, -0.05) is 11.6 Å². The van der Waals surface area contributed by atoms with Gasteiger partial charge < -0.3 is 14.2 Å². The van der Waals surface area contributed by atoms with Gasteiger partial charge in [-0.05, 0) is 66.8 Å². The Morgan fingerprint density at radius 1 is 1.08 bits per heavy atom. The molecule has 0 bridgehead atoms. The average molecular weight is 565 g/mol. The second-order valence-corrected chi connectivity index (χ2v) is 9.09. The maximum Gasteiger partial charge on any atom is 0.416 e. The molecule has 0 aliphatic carbocycles. The number of hydrogen-bond acceptors (Lipinski definition) is 6. The number of halogens is 4. The number of rotatable bonds is 5. The number of piperazine rings is 1. The highest BCUT2D eigenvalue weighted by Gasteiger charge is 2.34. The molecule has 0 atom stereocenters. The monoisotopic (exact) mass is 564 g/mol. The van der Waals surface area contributed by atoms with Crippen LogP contribution in [-0.4, -0.2) is 47.0 Å². The predicted octanol–water partition coefficient (Wildman–Crippen LogP) is 5.76. The molecule has 1 aliphatic heterocycles. The lowest BCUT2D eigenvalue weighted by Gasteiger charge is -2.36. The van der Waals surface area contributed by atoms with Gasteiger partial charge >= 0.3 is 6.18 Å². The van der Waals surface area contributed by atoms with Crippen molar-refractivity contribution in [3.05, 3.63) is 87.1 Å². The Morgan fingerprint density at radius 3 is 2.39 bits per heavy atom. The van der Waals surface area contributed by atoms with Crippen molar-refractivity contribution in [2.75, 3.05) is 31.1 Å². The van der Waals surface area contributed by atoms with Gasteiger partial charge in [0.2, 0.25) is 5.91 Å². The second kappa shape index (κ2) is 11.2. The molecule has 1 fully saturated rings. The first-order chi connectivity index (χ1) is 18.0.